The van der Waals surface area contributed by atoms with E-state index in [1.165, 1.54) is 49.4 Å². The monoisotopic (exact) mass is 538 g/mol. The van der Waals surface area contributed by atoms with Crippen LogP contribution in [-0.2, 0) is 0 Å². The SMILES string of the molecule is C1=CC2=C(C3=NC(c4ccc5ccccc5c4)=CC(c4ccc5ccccc5c4)N3)C=C(c3ccccc3)CC2C=C1. The van der Waals surface area contributed by atoms with Gasteiger partial charge in [0.1, 0.15) is 5.84 Å². The van der Waals surface area contributed by atoms with Crippen LogP contribution < -0.4 is 5.32 Å². The number of amidine groups is 1. The fourth-order valence-corrected chi connectivity index (χ4v) is 6.43. The average molecular weight is 539 g/mol. The van der Waals surface area contributed by atoms with Crippen LogP contribution in [0, 0.1) is 5.92 Å². The van der Waals surface area contributed by atoms with Crippen molar-refractivity contribution in [2.24, 2.45) is 10.9 Å². The van der Waals surface area contributed by atoms with Crippen molar-refractivity contribution in [2.45, 2.75) is 12.5 Å². The molecular weight excluding hydrogens is 508 g/mol. The molecule has 5 aromatic carbocycles. The van der Waals surface area contributed by atoms with Crippen LogP contribution in [0.1, 0.15) is 29.2 Å². The lowest BCUT2D eigenvalue weighted by molar-refractivity contribution is 0.764. The summed E-state index contributed by atoms with van der Waals surface area (Å²) in [7, 11) is 0. The molecule has 0 amide bonds. The quantitative estimate of drug-likeness (QED) is 0.242. The molecule has 2 unspecified atom stereocenters. The molecule has 0 spiro atoms. The van der Waals surface area contributed by atoms with Crippen molar-refractivity contribution in [3.8, 4) is 0 Å². The van der Waals surface area contributed by atoms with E-state index in [1.54, 1.807) is 0 Å². The van der Waals surface area contributed by atoms with Gasteiger partial charge in [0, 0.05) is 17.1 Å². The molecule has 0 bridgehead atoms. The summed E-state index contributed by atoms with van der Waals surface area (Å²) >= 11 is 0. The van der Waals surface area contributed by atoms with E-state index < -0.39 is 0 Å². The second-order valence-corrected chi connectivity index (χ2v) is 11.3. The maximum absolute atomic E-state index is 5.35. The number of hydrogen-bond acceptors (Lipinski definition) is 2. The van der Waals surface area contributed by atoms with Gasteiger partial charge in [0.2, 0.25) is 0 Å². The van der Waals surface area contributed by atoms with Crippen molar-refractivity contribution in [1.82, 2.24) is 5.32 Å². The Bertz CT molecular complexity index is 2030. The Kier molecular flexibility index (Phi) is 6.04. The molecule has 3 aliphatic rings. The summed E-state index contributed by atoms with van der Waals surface area (Å²) < 4.78 is 0. The minimum absolute atomic E-state index is 0.0197. The summed E-state index contributed by atoms with van der Waals surface area (Å²) in [5.74, 6) is 1.25. The molecule has 8 rings (SSSR count). The summed E-state index contributed by atoms with van der Waals surface area (Å²) in [6, 6.07) is 41.3. The van der Waals surface area contributed by atoms with Crippen LogP contribution in [0.5, 0.6) is 0 Å². The molecule has 0 saturated heterocycles. The van der Waals surface area contributed by atoms with Crippen LogP contribution in [-0.4, -0.2) is 5.84 Å². The Morgan fingerprint density at radius 2 is 1.36 bits per heavy atom. The fourth-order valence-electron chi connectivity index (χ4n) is 6.43. The van der Waals surface area contributed by atoms with Crippen molar-refractivity contribution in [2.75, 3.05) is 0 Å². The Morgan fingerprint density at radius 3 is 2.17 bits per heavy atom. The van der Waals surface area contributed by atoms with E-state index in [2.05, 4.69) is 157 Å². The molecular formula is C40H30N2. The molecule has 2 heteroatoms. The number of rotatable bonds is 4. The highest BCUT2D eigenvalue weighted by molar-refractivity contribution is 6.08. The van der Waals surface area contributed by atoms with Crippen LogP contribution >= 0.6 is 0 Å². The fraction of sp³-hybridized carbons (Fsp3) is 0.0750. The molecule has 0 radical (unpaired) electrons. The third kappa shape index (κ3) is 4.52. The van der Waals surface area contributed by atoms with Gasteiger partial charge in [-0.15, -0.1) is 0 Å². The molecule has 0 saturated carbocycles. The zero-order valence-electron chi connectivity index (χ0n) is 23.2. The van der Waals surface area contributed by atoms with Crippen LogP contribution in [0.2, 0.25) is 0 Å². The minimum atomic E-state index is -0.0197. The highest BCUT2D eigenvalue weighted by atomic mass is 15.1. The summed E-state index contributed by atoms with van der Waals surface area (Å²) in [6.07, 6.45) is 14.5. The first-order valence-electron chi connectivity index (χ1n) is 14.7. The molecule has 2 atom stereocenters. The molecule has 0 fully saturated rings. The van der Waals surface area contributed by atoms with Gasteiger partial charge in [-0.3, -0.25) is 0 Å². The highest BCUT2D eigenvalue weighted by Gasteiger charge is 2.28. The van der Waals surface area contributed by atoms with Crippen LogP contribution in [0.4, 0.5) is 0 Å². The first-order valence-corrected chi connectivity index (χ1v) is 14.7. The molecule has 1 heterocycles. The molecule has 5 aromatic rings. The Balaban J connectivity index is 1.29. The summed E-state index contributed by atoms with van der Waals surface area (Å²) in [4.78, 5) is 5.35. The van der Waals surface area contributed by atoms with Crippen molar-refractivity contribution >= 4 is 38.7 Å². The third-order valence-electron chi connectivity index (χ3n) is 8.63. The van der Waals surface area contributed by atoms with E-state index in [4.69, 9.17) is 4.99 Å². The smallest absolute Gasteiger partial charge is 0.134 e. The summed E-state index contributed by atoms with van der Waals surface area (Å²) in [5, 5.41) is 8.81. The third-order valence-corrected chi connectivity index (χ3v) is 8.63. The lowest BCUT2D eigenvalue weighted by atomic mass is 9.78. The van der Waals surface area contributed by atoms with E-state index in [0.717, 1.165) is 23.5 Å². The Morgan fingerprint density at radius 1 is 0.643 bits per heavy atom. The first kappa shape index (κ1) is 24.6. The molecule has 42 heavy (non-hydrogen) atoms. The van der Waals surface area contributed by atoms with Gasteiger partial charge < -0.3 is 5.32 Å². The number of nitrogens with one attached hydrogen (secondary N) is 1. The number of hydrogen-bond donors (Lipinski definition) is 1. The predicted octanol–water partition coefficient (Wildman–Crippen LogP) is 9.60. The zero-order valence-corrected chi connectivity index (χ0v) is 23.2. The summed E-state index contributed by atoms with van der Waals surface area (Å²) in [5.41, 5.74) is 8.44. The van der Waals surface area contributed by atoms with Gasteiger partial charge in [0.15, 0.2) is 0 Å². The maximum Gasteiger partial charge on any atom is 0.134 e. The number of fused-ring (bicyclic) bond motifs is 3. The number of benzene rings is 5. The maximum atomic E-state index is 5.35. The second-order valence-electron chi connectivity index (χ2n) is 11.3. The van der Waals surface area contributed by atoms with E-state index in [-0.39, 0.29) is 6.04 Å². The van der Waals surface area contributed by atoms with Crippen molar-refractivity contribution in [3.05, 3.63) is 180 Å². The molecule has 0 aromatic heterocycles. The lowest BCUT2D eigenvalue weighted by Crippen LogP contribution is -2.33. The summed E-state index contributed by atoms with van der Waals surface area (Å²) in [6.45, 7) is 0. The predicted molar refractivity (Wildman–Crippen MR) is 177 cm³/mol. The molecule has 1 N–H and O–H groups in total. The van der Waals surface area contributed by atoms with Gasteiger partial charge in [-0.25, -0.2) is 4.99 Å². The lowest BCUT2D eigenvalue weighted by Gasteiger charge is -2.31. The van der Waals surface area contributed by atoms with Gasteiger partial charge in [-0.1, -0.05) is 127 Å². The van der Waals surface area contributed by atoms with E-state index in [0.29, 0.717) is 5.92 Å². The molecule has 1 aliphatic heterocycles. The molecule has 2 aliphatic carbocycles. The Labute approximate surface area is 246 Å². The minimum Gasteiger partial charge on any atom is -0.359 e. The van der Waals surface area contributed by atoms with Gasteiger partial charge in [0.25, 0.3) is 0 Å². The van der Waals surface area contributed by atoms with Crippen molar-refractivity contribution in [1.29, 1.82) is 0 Å². The van der Waals surface area contributed by atoms with E-state index in [9.17, 15) is 0 Å². The zero-order chi connectivity index (χ0) is 27.9. The van der Waals surface area contributed by atoms with Crippen LogP contribution in [0.25, 0.3) is 32.8 Å². The topological polar surface area (TPSA) is 24.4 Å². The highest BCUT2D eigenvalue weighted by Crippen LogP contribution is 2.40. The van der Waals surface area contributed by atoms with Gasteiger partial charge in [-0.2, -0.15) is 0 Å². The molecule has 200 valence electrons. The molecule has 2 nitrogen and oxygen atoms in total. The second kappa shape index (κ2) is 10.3. The number of nitrogens with zero attached hydrogens (tertiary/aromatic N) is 1. The standard InChI is InChI=1S/C40H30N2/c1-2-10-27(11-3-1)35-24-32-16-8-9-17-36(32)37(25-35)40-41-38(33-20-18-28-12-4-6-14-30(28)22-33)26-39(42-40)34-21-19-29-13-5-7-15-31(29)23-34/h1-23,25-26,32,38H,24H2,(H,41,42). The van der Waals surface area contributed by atoms with Crippen molar-refractivity contribution < 1.29 is 0 Å². The van der Waals surface area contributed by atoms with Crippen LogP contribution in [0.15, 0.2) is 168 Å². The van der Waals surface area contributed by atoms with Gasteiger partial charge in [-0.05, 0) is 74.5 Å². The number of allylic oxidation sites excluding steroid dienone is 6. The van der Waals surface area contributed by atoms with E-state index in [1.807, 2.05) is 0 Å². The largest absolute Gasteiger partial charge is 0.359 e. The van der Waals surface area contributed by atoms with Crippen LogP contribution in [0.3, 0.4) is 0 Å². The average Bonchev–Trinajstić information content (AvgIpc) is 3.07. The van der Waals surface area contributed by atoms with Gasteiger partial charge in [0.05, 0.1) is 11.7 Å². The first-order chi connectivity index (χ1) is 20.8. The Hall–Kier alpha value is -5.21. The number of aliphatic imine (C=N–C) groups is 1. The normalized spacial score (nSPS) is 19.7. The van der Waals surface area contributed by atoms with Gasteiger partial charge >= 0.3 is 0 Å². The van der Waals surface area contributed by atoms with E-state index >= 15 is 0 Å². The van der Waals surface area contributed by atoms with Crippen molar-refractivity contribution in [3.63, 3.8) is 0 Å².